The van der Waals surface area contributed by atoms with E-state index in [2.05, 4.69) is 5.32 Å². The van der Waals surface area contributed by atoms with Crippen LogP contribution in [0.25, 0.3) is 0 Å². The Hall–Kier alpha value is -2.05. The lowest BCUT2D eigenvalue weighted by Crippen LogP contribution is -2.41. The molecule has 0 unspecified atom stereocenters. The molecule has 0 bridgehead atoms. The highest BCUT2D eigenvalue weighted by atomic mass is 19.4. The first-order valence-electron chi connectivity index (χ1n) is 6.62. The van der Waals surface area contributed by atoms with Gasteiger partial charge in [-0.15, -0.1) is 0 Å². The van der Waals surface area contributed by atoms with Crippen LogP contribution in [0.4, 0.5) is 18.0 Å². The van der Waals surface area contributed by atoms with Gasteiger partial charge in [-0.3, -0.25) is 0 Å². The molecule has 0 radical (unpaired) electrons. The molecule has 0 aliphatic heterocycles. The summed E-state index contributed by atoms with van der Waals surface area (Å²) in [5.74, 6) is 0. The molecule has 122 valence electrons. The fourth-order valence-corrected chi connectivity index (χ4v) is 1.68. The number of alkyl carbamates (subject to hydrolysis) is 1. The second-order valence-corrected chi connectivity index (χ2v) is 5.79. The summed E-state index contributed by atoms with van der Waals surface area (Å²) >= 11 is 0. The molecular weight excluding hydrogens is 299 g/mol. The number of carbonyl (C=O) groups is 2. The summed E-state index contributed by atoms with van der Waals surface area (Å²) in [5.41, 5.74) is -0.966. The van der Waals surface area contributed by atoms with Gasteiger partial charge in [0.2, 0.25) is 0 Å². The van der Waals surface area contributed by atoms with E-state index in [1.807, 2.05) is 0 Å². The van der Waals surface area contributed by atoms with Crippen molar-refractivity contribution in [3.8, 4) is 0 Å². The zero-order valence-corrected chi connectivity index (χ0v) is 12.5. The number of amides is 1. The van der Waals surface area contributed by atoms with Crippen LogP contribution in [0.5, 0.6) is 0 Å². The molecule has 7 heteroatoms. The van der Waals surface area contributed by atoms with Crippen molar-refractivity contribution in [3.63, 3.8) is 0 Å². The Labute approximate surface area is 126 Å². The zero-order valence-electron chi connectivity index (χ0n) is 12.5. The van der Waals surface area contributed by atoms with Crippen LogP contribution in [0.2, 0.25) is 0 Å². The van der Waals surface area contributed by atoms with Crippen molar-refractivity contribution in [2.24, 2.45) is 0 Å². The van der Waals surface area contributed by atoms with E-state index in [9.17, 15) is 22.8 Å². The van der Waals surface area contributed by atoms with Gasteiger partial charge >= 0.3 is 12.3 Å². The molecule has 22 heavy (non-hydrogen) atoms. The molecule has 1 aromatic rings. The lowest BCUT2D eigenvalue weighted by molar-refractivity contribution is -0.137. The molecule has 0 aliphatic carbocycles. The van der Waals surface area contributed by atoms with Gasteiger partial charge in [0.25, 0.3) is 0 Å². The molecule has 1 aromatic carbocycles. The highest BCUT2D eigenvalue weighted by Gasteiger charge is 2.30. The van der Waals surface area contributed by atoms with Gasteiger partial charge in [-0.1, -0.05) is 12.1 Å². The Kier molecular flexibility index (Phi) is 5.57. The number of carbonyl (C=O) groups excluding carboxylic acids is 2. The first kappa shape index (κ1) is 18.0. The Morgan fingerprint density at radius 2 is 1.77 bits per heavy atom. The Morgan fingerprint density at radius 1 is 1.23 bits per heavy atom. The molecule has 0 saturated carbocycles. The van der Waals surface area contributed by atoms with Crippen LogP contribution in [-0.2, 0) is 22.1 Å². The largest absolute Gasteiger partial charge is 0.444 e. The van der Waals surface area contributed by atoms with E-state index in [0.29, 0.717) is 11.8 Å². The zero-order chi connectivity index (χ0) is 17.0. The second-order valence-electron chi connectivity index (χ2n) is 5.79. The summed E-state index contributed by atoms with van der Waals surface area (Å²) in [5, 5.41) is 2.37. The van der Waals surface area contributed by atoms with E-state index in [0.717, 1.165) is 12.1 Å². The maximum absolute atomic E-state index is 12.4. The van der Waals surface area contributed by atoms with E-state index in [1.165, 1.54) is 12.1 Å². The van der Waals surface area contributed by atoms with Crippen molar-refractivity contribution >= 4 is 12.4 Å². The van der Waals surface area contributed by atoms with Crippen molar-refractivity contribution in [3.05, 3.63) is 35.4 Å². The minimum Gasteiger partial charge on any atom is -0.444 e. The number of nitrogens with one attached hydrogen (secondary N) is 1. The average Bonchev–Trinajstić information content (AvgIpc) is 2.35. The number of hydrogen-bond acceptors (Lipinski definition) is 3. The minimum absolute atomic E-state index is 0.0842. The summed E-state index contributed by atoms with van der Waals surface area (Å²) in [6, 6.07) is 3.55. The predicted octanol–water partition coefficient (Wildman–Crippen LogP) is 3.34. The predicted molar refractivity (Wildman–Crippen MR) is 74.4 cm³/mol. The summed E-state index contributed by atoms with van der Waals surface area (Å²) in [7, 11) is 0. The van der Waals surface area contributed by atoms with Crippen LogP contribution in [-0.4, -0.2) is 24.0 Å². The second kappa shape index (κ2) is 6.81. The molecule has 1 N–H and O–H groups in total. The van der Waals surface area contributed by atoms with Gasteiger partial charge in [-0.25, -0.2) is 4.79 Å². The van der Waals surface area contributed by atoms with E-state index in [-0.39, 0.29) is 6.42 Å². The van der Waals surface area contributed by atoms with Crippen molar-refractivity contribution in [2.45, 2.75) is 45.0 Å². The number of benzene rings is 1. The van der Waals surface area contributed by atoms with Crippen LogP contribution < -0.4 is 5.32 Å². The third-order valence-electron chi connectivity index (χ3n) is 2.60. The van der Waals surface area contributed by atoms with Crippen LogP contribution in [0, 0.1) is 0 Å². The van der Waals surface area contributed by atoms with E-state index < -0.39 is 29.5 Å². The molecule has 1 amide bonds. The third kappa shape index (κ3) is 6.15. The van der Waals surface area contributed by atoms with Crippen LogP contribution >= 0.6 is 0 Å². The van der Waals surface area contributed by atoms with Gasteiger partial charge in [-0.05, 0) is 44.9 Å². The molecule has 0 spiro atoms. The lowest BCUT2D eigenvalue weighted by atomic mass is 10.0. The Morgan fingerprint density at radius 3 is 2.18 bits per heavy atom. The summed E-state index contributed by atoms with van der Waals surface area (Å²) < 4.78 is 42.4. The molecule has 1 rings (SSSR count). The smallest absolute Gasteiger partial charge is 0.416 e. The minimum atomic E-state index is -4.41. The molecule has 0 fully saturated rings. The first-order valence-corrected chi connectivity index (χ1v) is 6.62. The molecular formula is C15H18F3NO3. The van der Waals surface area contributed by atoms with Gasteiger partial charge in [0, 0.05) is 0 Å². The quantitative estimate of drug-likeness (QED) is 0.867. The Balaban J connectivity index is 2.67. The highest BCUT2D eigenvalue weighted by Crippen LogP contribution is 2.29. The fourth-order valence-electron chi connectivity index (χ4n) is 1.68. The summed E-state index contributed by atoms with van der Waals surface area (Å²) in [6.07, 6.45) is -4.56. The van der Waals surface area contributed by atoms with Crippen LogP contribution in [0.1, 0.15) is 31.9 Å². The average molecular weight is 317 g/mol. The molecule has 0 heterocycles. The lowest BCUT2D eigenvalue weighted by Gasteiger charge is -2.21. The van der Waals surface area contributed by atoms with Crippen molar-refractivity contribution < 1.29 is 27.5 Å². The topological polar surface area (TPSA) is 55.4 Å². The van der Waals surface area contributed by atoms with Crippen molar-refractivity contribution in [1.82, 2.24) is 5.32 Å². The molecule has 0 saturated heterocycles. The fraction of sp³-hybridized carbons (Fsp3) is 0.467. The molecule has 0 aromatic heterocycles. The number of hydrogen-bond donors (Lipinski definition) is 1. The van der Waals surface area contributed by atoms with Gasteiger partial charge < -0.3 is 14.8 Å². The number of aldehydes is 1. The molecule has 4 nitrogen and oxygen atoms in total. The standard InChI is InChI=1S/C15H18F3NO3/c1-14(2,3)22-13(21)19-12(9-20)8-10-4-6-11(7-5-10)15(16,17)18/h4-7,9,12H,8H2,1-3H3,(H,19,21)/t12-/m1/s1. The number of halogens is 3. The summed E-state index contributed by atoms with van der Waals surface area (Å²) in [4.78, 5) is 22.5. The van der Waals surface area contributed by atoms with Crippen LogP contribution in [0.3, 0.4) is 0 Å². The van der Waals surface area contributed by atoms with Gasteiger partial charge in [0.1, 0.15) is 11.9 Å². The maximum Gasteiger partial charge on any atom is 0.416 e. The Bertz CT molecular complexity index is 518. The van der Waals surface area contributed by atoms with E-state index in [4.69, 9.17) is 4.74 Å². The third-order valence-corrected chi connectivity index (χ3v) is 2.60. The van der Waals surface area contributed by atoms with Gasteiger partial charge in [0.05, 0.1) is 11.6 Å². The summed E-state index contributed by atoms with van der Waals surface area (Å²) in [6.45, 7) is 5.04. The maximum atomic E-state index is 12.4. The normalized spacial score (nSPS) is 13.4. The molecule has 0 aliphatic rings. The van der Waals surface area contributed by atoms with Crippen molar-refractivity contribution in [1.29, 1.82) is 0 Å². The number of rotatable bonds is 4. The van der Waals surface area contributed by atoms with Crippen LogP contribution in [0.15, 0.2) is 24.3 Å². The highest BCUT2D eigenvalue weighted by molar-refractivity contribution is 5.73. The first-order chi connectivity index (χ1) is 10.0. The van der Waals surface area contributed by atoms with Gasteiger partial charge in [0.15, 0.2) is 0 Å². The van der Waals surface area contributed by atoms with Crippen molar-refractivity contribution in [2.75, 3.05) is 0 Å². The SMILES string of the molecule is CC(C)(C)OC(=O)N[C@@H](C=O)Cc1ccc(C(F)(F)F)cc1. The number of alkyl halides is 3. The van der Waals surface area contributed by atoms with Gasteiger partial charge in [-0.2, -0.15) is 13.2 Å². The van der Waals surface area contributed by atoms with E-state index >= 15 is 0 Å². The van der Waals surface area contributed by atoms with E-state index in [1.54, 1.807) is 20.8 Å². The molecule has 1 atom stereocenters. The monoisotopic (exact) mass is 317 g/mol. The number of ether oxygens (including phenoxy) is 1.